The van der Waals surface area contributed by atoms with Crippen molar-refractivity contribution in [2.75, 3.05) is 0 Å². The van der Waals surface area contributed by atoms with E-state index in [1.54, 1.807) is 11.3 Å². The van der Waals surface area contributed by atoms with Gasteiger partial charge in [0.05, 0.1) is 21.5 Å². The number of fused-ring (bicyclic) bond motifs is 1. The van der Waals surface area contributed by atoms with E-state index in [0.717, 1.165) is 24.6 Å². The van der Waals surface area contributed by atoms with Gasteiger partial charge >= 0.3 is 0 Å². The molecule has 0 N–H and O–H groups in total. The Morgan fingerprint density at radius 2 is 2.11 bits per heavy atom. The zero-order valence-corrected chi connectivity index (χ0v) is 12.4. The van der Waals surface area contributed by atoms with Crippen LogP contribution in [0.25, 0.3) is 10.2 Å². The van der Waals surface area contributed by atoms with Gasteiger partial charge in [-0.3, -0.25) is 4.79 Å². The molecule has 0 fully saturated rings. The third kappa shape index (κ3) is 2.25. The van der Waals surface area contributed by atoms with Crippen molar-refractivity contribution in [3.8, 4) is 0 Å². The summed E-state index contributed by atoms with van der Waals surface area (Å²) in [5, 5.41) is 2.79. The minimum absolute atomic E-state index is 0.121. The second-order valence-corrected chi connectivity index (χ2v) is 6.66. The smallest absolute Gasteiger partial charge is 0.180 e. The van der Waals surface area contributed by atoms with Crippen LogP contribution in [-0.4, -0.2) is 10.8 Å². The molecule has 0 aliphatic heterocycles. The Labute approximate surface area is 120 Å². The van der Waals surface area contributed by atoms with E-state index in [1.807, 2.05) is 35.7 Å². The van der Waals surface area contributed by atoms with Crippen molar-refractivity contribution >= 4 is 54.6 Å². The molecular formula is C13H8BrNOS2. The summed E-state index contributed by atoms with van der Waals surface area (Å²) in [6, 6.07) is 9.85. The number of benzene rings is 1. The Hall–Kier alpha value is -1.04. The van der Waals surface area contributed by atoms with Gasteiger partial charge in [0.15, 0.2) is 5.78 Å². The lowest BCUT2D eigenvalue weighted by atomic mass is 10.2. The minimum atomic E-state index is 0.121. The number of hydrogen-bond donors (Lipinski definition) is 0. The van der Waals surface area contributed by atoms with E-state index >= 15 is 0 Å². The monoisotopic (exact) mass is 337 g/mol. The number of rotatable bonds is 3. The molecule has 2 aromatic heterocycles. The Kier molecular flexibility index (Phi) is 3.28. The van der Waals surface area contributed by atoms with Crippen LogP contribution in [0.5, 0.6) is 0 Å². The van der Waals surface area contributed by atoms with Gasteiger partial charge in [-0.25, -0.2) is 4.98 Å². The first kappa shape index (κ1) is 12.0. The quantitative estimate of drug-likeness (QED) is 0.656. The minimum Gasteiger partial charge on any atom is -0.293 e. The molecule has 0 saturated carbocycles. The summed E-state index contributed by atoms with van der Waals surface area (Å²) in [5.41, 5.74) is 0.968. The van der Waals surface area contributed by atoms with E-state index in [9.17, 15) is 4.79 Å². The summed E-state index contributed by atoms with van der Waals surface area (Å²) >= 11 is 6.44. The highest BCUT2D eigenvalue weighted by Crippen LogP contribution is 2.26. The van der Waals surface area contributed by atoms with E-state index in [2.05, 4.69) is 20.9 Å². The molecule has 0 bridgehead atoms. The van der Waals surface area contributed by atoms with Gasteiger partial charge < -0.3 is 0 Å². The molecule has 0 unspecified atom stereocenters. The Balaban J connectivity index is 1.88. The second kappa shape index (κ2) is 4.91. The van der Waals surface area contributed by atoms with Crippen molar-refractivity contribution in [1.82, 2.24) is 4.98 Å². The Morgan fingerprint density at radius 1 is 1.28 bits per heavy atom. The largest absolute Gasteiger partial charge is 0.293 e. The number of carbonyl (C=O) groups is 1. The van der Waals surface area contributed by atoms with E-state index in [-0.39, 0.29) is 5.78 Å². The SMILES string of the molecule is O=C(Cc1nc2ccccc2s1)c1sccc1Br. The zero-order chi connectivity index (χ0) is 12.5. The first-order valence-corrected chi connectivity index (χ1v) is 7.83. The summed E-state index contributed by atoms with van der Waals surface area (Å²) in [4.78, 5) is 17.4. The third-order valence-corrected chi connectivity index (χ3v) is 5.44. The fourth-order valence-electron chi connectivity index (χ4n) is 1.71. The van der Waals surface area contributed by atoms with Crippen LogP contribution in [0.2, 0.25) is 0 Å². The average molecular weight is 338 g/mol. The molecule has 0 aliphatic carbocycles. The standard InChI is InChI=1S/C13H8BrNOS2/c14-8-5-6-17-13(8)10(16)7-12-15-9-3-1-2-4-11(9)18-12/h1-6H,7H2. The van der Waals surface area contributed by atoms with Crippen LogP contribution in [0.4, 0.5) is 0 Å². The van der Waals surface area contributed by atoms with Crippen LogP contribution in [0, 0.1) is 0 Å². The maximum atomic E-state index is 12.1. The number of hydrogen-bond acceptors (Lipinski definition) is 4. The molecule has 1 aromatic carbocycles. The van der Waals surface area contributed by atoms with Crippen molar-refractivity contribution in [3.63, 3.8) is 0 Å². The molecule has 2 heterocycles. The van der Waals surface area contributed by atoms with E-state index in [0.29, 0.717) is 6.42 Å². The van der Waals surface area contributed by atoms with Crippen molar-refractivity contribution in [1.29, 1.82) is 0 Å². The first-order chi connectivity index (χ1) is 8.74. The molecular weight excluding hydrogens is 330 g/mol. The number of aromatic nitrogens is 1. The summed E-state index contributed by atoms with van der Waals surface area (Å²) in [6.07, 6.45) is 0.373. The van der Waals surface area contributed by atoms with Gasteiger partial charge in [-0.1, -0.05) is 12.1 Å². The van der Waals surface area contributed by atoms with E-state index in [4.69, 9.17) is 0 Å². The van der Waals surface area contributed by atoms with Crippen LogP contribution < -0.4 is 0 Å². The van der Waals surface area contributed by atoms with Gasteiger partial charge in [-0.2, -0.15) is 0 Å². The van der Waals surface area contributed by atoms with Gasteiger partial charge in [0.25, 0.3) is 0 Å². The predicted octanol–water partition coefficient (Wildman–Crippen LogP) is 4.55. The van der Waals surface area contributed by atoms with Crippen LogP contribution in [0.3, 0.4) is 0 Å². The van der Waals surface area contributed by atoms with Crippen molar-refractivity contribution < 1.29 is 4.79 Å². The molecule has 0 radical (unpaired) electrons. The number of nitrogens with zero attached hydrogens (tertiary/aromatic N) is 1. The molecule has 18 heavy (non-hydrogen) atoms. The van der Waals surface area contributed by atoms with Crippen LogP contribution in [-0.2, 0) is 6.42 Å². The molecule has 2 nitrogen and oxygen atoms in total. The van der Waals surface area contributed by atoms with E-state index in [1.165, 1.54) is 11.3 Å². The maximum absolute atomic E-state index is 12.1. The molecule has 0 amide bonds. The summed E-state index contributed by atoms with van der Waals surface area (Å²) in [5.74, 6) is 0.121. The Morgan fingerprint density at radius 3 is 2.83 bits per heavy atom. The second-order valence-electron chi connectivity index (χ2n) is 3.77. The van der Waals surface area contributed by atoms with Gasteiger partial charge in [0.1, 0.15) is 5.01 Å². The van der Waals surface area contributed by atoms with Gasteiger partial charge in [-0.05, 0) is 39.5 Å². The fraction of sp³-hybridized carbons (Fsp3) is 0.0769. The van der Waals surface area contributed by atoms with Crippen LogP contribution in [0.15, 0.2) is 40.2 Å². The lowest BCUT2D eigenvalue weighted by Crippen LogP contribution is -2.01. The van der Waals surface area contributed by atoms with Gasteiger partial charge in [-0.15, -0.1) is 22.7 Å². The zero-order valence-electron chi connectivity index (χ0n) is 9.22. The topological polar surface area (TPSA) is 30.0 Å². The molecule has 0 aliphatic rings. The highest BCUT2D eigenvalue weighted by atomic mass is 79.9. The summed E-state index contributed by atoms with van der Waals surface area (Å²) in [7, 11) is 0. The molecule has 90 valence electrons. The highest BCUT2D eigenvalue weighted by molar-refractivity contribution is 9.10. The van der Waals surface area contributed by atoms with Crippen LogP contribution in [0.1, 0.15) is 14.7 Å². The number of thiazole rings is 1. The van der Waals surface area contributed by atoms with Gasteiger partial charge in [0.2, 0.25) is 0 Å². The van der Waals surface area contributed by atoms with Gasteiger partial charge in [0, 0.05) is 4.47 Å². The van der Waals surface area contributed by atoms with Crippen molar-refractivity contribution in [3.05, 3.63) is 50.1 Å². The molecule has 0 spiro atoms. The average Bonchev–Trinajstić information content (AvgIpc) is 2.94. The third-order valence-electron chi connectivity index (χ3n) is 2.52. The number of thiophene rings is 1. The molecule has 0 atom stereocenters. The summed E-state index contributed by atoms with van der Waals surface area (Å²) < 4.78 is 2.00. The number of Topliss-reactive ketones (excluding diaryl/α,β-unsaturated/α-hetero) is 1. The molecule has 5 heteroatoms. The van der Waals surface area contributed by atoms with E-state index < -0.39 is 0 Å². The highest BCUT2D eigenvalue weighted by Gasteiger charge is 2.14. The number of para-hydroxylation sites is 1. The molecule has 3 rings (SSSR count). The number of ketones is 1. The lowest BCUT2D eigenvalue weighted by molar-refractivity contribution is 0.0996. The van der Waals surface area contributed by atoms with Crippen molar-refractivity contribution in [2.45, 2.75) is 6.42 Å². The van der Waals surface area contributed by atoms with Crippen LogP contribution >= 0.6 is 38.6 Å². The molecule has 0 saturated heterocycles. The summed E-state index contributed by atoms with van der Waals surface area (Å²) in [6.45, 7) is 0. The fourth-order valence-corrected chi connectivity index (χ4v) is 4.20. The first-order valence-electron chi connectivity index (χ1n) is 5.34. The number of halogens is 1. The van der Waals surface area contributed by atoms with Crippen molar-refractivity contribution in [2.24, 2.45) is 0 Å². The predicted molar refractivity (Wildman–Crippen MR) is 79.7 cm³/mol. The number of carbonyl (C=O) groups excluding carboxylic acids is 1. The lowest BCUT2D eigenvalue weighted by Gasteiger charge is -1.95. The Bertz CT molecular complexity index is 683. The molecule has 3 aromatic rings. The normalized spacial score (nSPS) is 10.9. The maximum Gasteiger partial charge on any atom is 0.180 e.